The van der Waals surface area contributed by atoms with E-state index < -0.39 is 0 Å². The molecule has 0 amide bonds. The summed E-state index contributed by atoms with van der Waals surface area (Å²) in [6.07, 6.45) is 0. The Morgan fingerprint density at radius 3 is 2.89 bits per heavy atom. The minimum Gasteiger partial charge on any atom is -0.395 e. The summed E-state index contributed by atoms with van der Waals surface area (Å²) in [5.41, 5.74) is 7.88. The van der Waals surface area contributed by atoms with E-state index >= 15 is 0 Å². The first-order valence-corrected chi connectivity index (χ1v) is 2.98. The monoisotopic (exact) mass is 134 g/mol. The van der Waals surface area contributed by atoms with Crippen molar-refractivity contribution in [1.82, 2.24) is 5.48 Å². The molecular formula is C5H14N2O2. The van der Waals surface area contributed by atoms with Gasteiger partial charge in [0, 0.05) is 12.6 Å². The Morgan fingerprint density at radius 2 is 2.44 bits per heavy atom. The molecule has 4 N–H and O–H groups in total. The van der Waals surface area contributed by atoms with Crippen LogP contribution >= 0.6 is 0 Å². The van der Waals surface area contributed by atoms with Crippen LogP contribution in [0.5, 0.6) is 0 Å². The van der Waals surface area contributed by atoms with Crippen molar-refractivity contribution in [3.05, 3.63) is 0 Å². The van der Waals surface area contributed by atoms with E-state index in [9.17, 15) is 0 Å². The summed E-state index contributed by atoms with van der Waals surface area (Å²) in [4.78, 5) is 4.80. The van der Waals surface area contributed by atoms with Gasteiger partial charge in [-0.3, -0.25) is 0 Å². The van der Waals surface area contributed by atoms with E-state index in [-0.39, 0.29) is 12.6 Å². The second kappa shape index (κ2) is 5.97. The number of hydrogen-bond acceptors (Lipinski definition) is 4. The third kappa shape index (κ3) is 7.84. The molecule has 1 unspecified atom stereocenters. The zero-order valence-corrected chi connectivity index (χ0v) is 5.63. The van der Waals surface area contributed by atoms with Gasteiger partial charge in [-0.2, -0.15) is 0 Å². The van der Waals surface area contributed by atoms with Crippen LogP contribution in [0, 0.1) is 0 Å². The number of rotatable bonds is 5. The SMILES string of the molecule is CC(N)CONCCO. The van der Waals surface area contributed by atoms with Crippen LogP contribution in [-0.4, -0.2) is 30.9 Å². The Hall–Kier alpha value is -0.160. The second-order valence-corrected chi connectivity index (χ2v) is 1.91. The van der Waals surface area contributed by atoms with Crippen LogP contribution in [-0.2, 0) is 4.84 Å². The molecular weight excluding hydrogens is 120 g/mol. The maximum Gasteiger partial charge on any atom is 0.0830 e. The van der Waals surface area contributed by atoms with E-state index in [2.05, 4.69) is 5.48 Å². The van der Waals surface area contributed by atoms with Crippen molar-refractivity contribution in [2.45, 2.75) is 13.0 Å². The maximum atomic E-state index is 8.26. The summed E-state index contributed by atoms with van der Waals surface area (Å²) in [6.45, 7) is 2.85. The highest BCUT2D eigenvalue weighted by molar-refractivity contribution is 4.46. The molecule has 0 aromatic carbocycles. The smallest absolute Gasteiger partial charge is 0.0830 e. The Kier molecular flexibility index (Phi) is 5.86. The fourth-order valence-electron chi connectivity index (χ4n) is 0.308. The topological polar surface area (TPSA) is 67.5 Å². The molecule has 0 aliphatic rings. The number of hydrogen-bond donors (Lipinski definition) is 3. The van der Waals surface area contributed by atoms with Crippen LogP contribution < -0.4 is 11.2 Å². The van der Waals surface area contributed by atoms with Gasteiger partial charge in [-0.15, -0.1) is 0 Å². The molecule has 0 saturated carbocycles. The highest BCUT2D eigenvalue weighted by atomic mass is 16.6. The Bertz CT molecular complexity index is 58.9. The number of aliphatic hydroxyl groups excluding tert-OH is 1. The first-order chi connectivity index (χ1) is 4.27. The fraction of sp³-hybridized carbons (Fsp3) is 1.00. The third-order valence-electron chi connectivity index (χ3n) is 0.662. The first-order valence-electron chi connectivity index (χ1n) is 2.98. The molecule has 0 aromatic rings. The van der Waals surface area contributed by atoms with Crippen molar-refractivity contribution in [1.29, 1.82) is 0 Å². The van der Waals surface area contributed by atoms with Crippen LogP contribution in [0.3, 0.4) is 0 Å². The fourth-order valence-corrected chi connectivity index (χ4v) is 0.308. The molecule has 0 rings (SSSR count). The van der Waals surface area contributed by atoms with Crippen LogP contribution in [0.2, 0.25) is 0 Å². The van der Waals surface area contributed by atoms with E-state index in [0.717, 1.165) is 0 Å². The van der Waals surface area contributed by atoms with Crippen molar-refractivity contribution in [3.8, 4) is 0 Å². The lowest BCUT2D eigenvalue weighted by Crippen LogP contribution is -2.28. The molecule has 0 bridgehead atoms. The van der Waals surface area contributed by atoms with E-state index in [1.54, 1.807) is 0 Å². The first kappa shape index (κ1) is 8.84. The van der Waals surface area contributed by atoms with E-state index in [1.807, 2.05) is 6.92 Å². The molecule has 56 valence electrons. The van der Waals surface area contributed by atoms with Crippen molar-refractivity contribution in [2.24, 2.45) is 5.73 Å². The lowest BCUT2D eigenvalue weighted by Gasteiger charge is -2.05. The molecule has 0 aliphatic heterocycles. The van der Waals surface area contributed by atoms with Crippen molar-refractivity contribution in [2.75, 3.05) is 19.8 Å². The predicted octanol–water partition coefficient (Wildman–Crippen LogP) is -1.15. The summed E-state index contributed by atoms with van der Waals surface area (Å²) in [5, 5.41) is 8.26. The zero-order valence-electron chi connectivity index (χ0n) is 5.63. The van der Waals surface area contributed by atoms with Gasteiger partial charge < -0.3 is 15.7 Å². The summed E-state index contributed by atoms with van der Waals surface area (Å²) < 4.78 is 0. The Labute approximate surface area is 55.0 Å². The summed E-state index contributed by atoms with van der Waals surface area (Å²) >= 11 is 0. The lowest BCUT2D eigenvalue weighted by atomic mass is 10.4. The molecule has 0 heterocycles. The van der Waals surface area contributed by atoms with Gasteiger partial charge in [0.25, 0.3) is 0 Å². The molecule has 0 spiro atoms. The van der Waals surface area contributed by atoms with Gasteiger partial charge in [-0.05, 0) is 6.92 Å². The average molecular weight is 134 g/mol. The van der Waals surface area contributed by atoms with E-state index in [0.29, 0.717) is 13.2 Å². The molecule has 0 aliphatic carbocycles. The van der Waals surface area contributed by atoms with Gasteiger partial charge in [0.15, 0.2) is 0 Å². The normalized spacial score (nSPS) is 13.7. The van der Waals surface area contributed by atoms with Gasteiger partial charge in [0.1, 0.15) is 0 Å². The van der Waals surface area contributed by atoms with Crippen molar-refractivity contribution < 1.29 is 9.94 Å². The molecule has 1 atom stereocenters. The van der Waals surface area contributed by atoms with Gasteiger partial charge in [-0.25, -0.2) is 5.48 Å². The lowest BCUT2D eigenvalue weighted by molar-refractivity contribution is 0.0262. The molecule has 0 aromatic heterocycles. The van der Waals surface area contributed by atoms with Gasteiger partial charge in [-0.1, -0.05) is 0 Å². The predicted molar refractivity (Wildman–Crippen MR) is 34.7 cm³/mol. The standard InChI is InChI=1S/C5H14N2O2/c1-5(6)4-9-7-2-3-8/h5,7-8H,2-4,6H2,1H3. The third-order valence-corrected chi connectivity index (χ3v) is 0.662. The quantitative estimate of drug-likeness (QED) is 0.328. The summed E-state index contributed by atoms with van der Waals surface area (Å²) in [5.74, 6) is 0. The highest BCUT2D eigenvalue weighted by Crippen LogP contribution is 1.73. The molecule has 4 nitrogen and oxygen atoms in total. The van der Waals surface area contributed by atoms with E-state index in [4.69, 9.17) is 15.7 Å². The maximum absolute atomic E-state index is 8.26. The number of nitrogens with two attached hydrogens (primary N) is 1. The molecule has 4 heteroatoms. The van der Waals surface area contributed by atoms with E-state index in [1.165, 1.54) is 0 Å². The molecule has 0 saturated heterocycles. The van der Waals surface area contributed by atoms with Crippen LogP contribution in [0.25, 0.3) is 0 Å². The average Bonchev–Trinajstić information content (AvgIpc) is 1.80. The second-order valence-electron chi connectivity index (χ2n) is 1.91. The van der Waals surface area contributed by atoms with Gasteiger partial charge in [0.2, 0.25) is 0 Å². The number of nitrogens with one attached hydrogen (secondary N) is 1. The number of hydroxylamine groups is 1. The largest absolute Gasteiger partial charge is 0.395 e. The minimum atomic E-state index is 0.0381. The zero-order chi connectivity index (χ0) is 7.11. The Morgan fingerprint density at radius 1 is 1.78 bits per heavy atom. The summed E-state index contributed by atoms with van der Waals surface area (Å²) in [6, 6.07) is 0.0381. The molecule has 9 heavy (non-hydrogen) atoms. The van der Waals surface area contributed by atoms with Gasteiger partial charge in [0.05, 0.1) is 13.2 Å². The highest BCUT2D eigenvalue weighted by Gasteiger charge is 1.91. The molecule has 0 fully saturated rings. The van der Waals surface area contributed by atoms with Crippen LogP contribution in [0.1, 0.15) is 6.92 Å². The molecule has 0 radical (unpaired) electrons. The van der Waals surface area contributed by atoms with Gasteiger partial charge >= 0.3 is 0 Å². The van der Waals surface area contributed by atoms with Crippen LogP contribution in [0.15, 0.2) is 0 Å². The summed E-state index contributed by atoms with van der Waals surface area (Å²) in [7, 11) is 0. The Balaban J connectivity index is 2.75. The van der Waals surface area contributed by atoms with Crippen LogP contribution in [0.4, 0.5) is 0 Å². The van der Waals surface area contributed by atoms with Crippen molar-refractivity contribution in [3.63, 3.8) is 0 Å². The van der Waals surface area contributed by atoms with Crippen molar-refractivity contribution >= 4 is 0 Å². The minimum absolute atomic E-state index is 0.0381. The number of aliphatic hydroxyl groups is 1.